The summed E-state index contributed by atoms with van der Waals surface area (Å²) in [6, 6.07) is 15.1. The molecule has 1 aliphatic carbocycles. The van der Waals surface area contributed by atoms with E-state index in [1.807, 2.05) is 49.4 Å². The number of pyridine rings is 1. The van der Waals surface area contributed by atoms with Crippen LogP contribution in [0.25, 0.3) is 22.0 Å². The number of nitrogens with zero attached hydrogens (tertiary/aromatic N) is 3. The Balaban J connectivity index is 1.29. The maximum absolute atomic E-state index is 13.0. The number of aryl methyl sites for hydroxylation is 1. The smallest absolute Gasteiger partial charge is 0.242 e. The van der Waals surface area contributed by atoms with E-state index in [2.05, 4.69) is 25.9 Å². The molecule has 40 heavy (non-hydrogen) atoms. The number of rotatable bonds is 8. The molecular formula is C30H30F2N6O2. The third-order valence-corrected chi connectivity index (χ3v) is 7.50. The Morgan fingerprint density at radius 2 is 1.98 bits per heavy atom. The van der Waals surface area contributed by atoms with Gasteiger partial charge in [0.2, 0.25) is 24.2 Å². The molecule has 3 N–H and O–H groups in total. The van der Waals surface area contributed by atoms with Gasteiger partial charge in [0.15, 0.2) is 0 Å². The summed E-state index contributed by atoms with van der Waals surface area (Å²) in [6.45, 7) is 3.83. The van der Waals surface area contributed by atoms with Crippen LogP contribution in [0.5, 0.6) is 11.6 Å². The largest absolute Gasteiger partial charge is 0.437 e. The van der Waals surface area contributed by atoms with Crippen LogP contribution in [-0.2, 0) is 4.79 Å². The number of carbonyl (C=O) groups is 1. The fourth-order valence-corrected chi connectivity index (χ4v) is 5.20. The molecule has 1 saturated carbocycles. The summed E-state index contributed by atoms with van der Waals surface area (Å²) in [5, 5.41) is 11.2. The molecular weight excluding hydrogens is 514 g/mol. The number of halogens is 2. The van der Waals surface area contributed by atoms with E-state index < -0.39 is 18.3 Å². The Hall–Kier alpha value is -4.18. The molecule has 0 bridgehead atoms. The minimum Gasteiger partial charge on any atom is -0.437 e. The number of piperidine rings is 1. The Kier molecular flexibility index (Phi) is 7.25. The maximum Gasteiger partial charge on any atom is 0.242 e. The van der Waals surface area contributed by atoms with Gasteiger partial charge in [0.05, 0.1) is 11.3 Å². The van der Waals surface area contributed by atoms with Gasteiger partial charge in [-0.25, -0.2) is 23.7 Å². The van der Waals surface area contributed by atoms with Crippen molar-refractivity contribution in [2.24, 2.45) is 11.8 Å². The number of anilines is 2. The molecule has 1 saturated heterocycles. The van der Waals surface area contributed by atoms with Crippen molar-refractivity contribution in [2.45, 2.75) is 38.7 Å². The number of aromatic nitrogens is 3. The van der Waals surface area contributed by atoms with E-state index in [1.165, 1.54) is 0 Å². The highest BCUT2D eigenvalue weighted by Crippen LogP contribution is 2.44. The average molecular weight is 545 g/mol. The van der Waals surface area contributed by atoms with Crippen molar-refractivity contribution in [3.63, 3.8) is 0 Å². The van der Waals surface area contributed by atoms with Crippen molar-refractivity contribution in [1.82, 2.24) is 20.3 Å². The molecule has 4 aromatic rings. The van der Waals surface area contributed by atoms with E-state index in [9.17, 15) is 13.6 Å². The molecule has 6 rings (SSSR count). The van der Waals surface area contributed by atoms with E-state index in [4.69, 9.17) is 9.72 Å². The molecule has 2 fully saturated rings. The molecule has 1 unspecified atom stereocenters. The van der Waals surface area contributed by atoms with E-state index >= 15 is 0 Å². The van der Waals surface area contributed by atoms with E-state index in [1.54, 1.807) is 18.5 Å². The van der Waals surface area contributed by atoms with Gasteiger partial charge in [-0.15, -0.1) is 0 Å². The lowest BCUT2D eigenvalue weighted by Crippen LogP contribution is -2.38. The predicted octanol–water partition coefficient (Wildman–Crippen LogP) is 5.80. The summed E-state index contributed by atoms with van der Waals surface area (Å²) in [6.07, 6.45) is 3.26. The number of alkyl halides is 2. The first-order valence-corrected chi connectivity index (χ1v) is 13.5. The summed E-state index contributed by atoms with van der Waals surface area (Å²) in [5.41, 5.74) is 2.81. The van der Waals surface area contributed by atoms with Crippen LogP contribution < -0.4 is 20.7 Å². The minimum atomic E-state index is -2.48. The lowest BCUT2D eigenvalue weighted by Gasteiger charge is -2.23. The van der Waals surface area contributed by atoms with E-state index in [0.29, 0.717) is 34.5 Å². The number of carbonyl (C=O) groups excluding carboxylic acids is 1. The summed E-state index contributed by atoms with van der Waals surface area (Å²) in [7, 11) is 0. The Morgan fingerprint density at radius 1 is 1.07 bits per heavy atom. The zero-order valence-electron chi connectivity index (χ0n) is 22.0. The van der Waals surface area contributed by atoms with Crippen LogP contribution in [0.15, 0.2) is 60.9 Å². The number of amides is 1. The fraction of sp³-hybridized carbons (Fsp3) is 0.333. The molecule has 10 heteroatoms. The molecule has 0 radical (unpaired) electrons. The number of hydrogen-bond acceptors (Lipinski definition) is 7. The zero-order chi connectivity index (χ0) is 27.6. The summed E-state index contributed by atoms with van der Waals surface area (Å²) >= 11 is 0. The monoisotopic (exact) mass is 544 g/mol. The first kappa shape index (κ1) is 26.1. The van der Waals surface area contributed by atoms with Gasteiger partial charge in [-0.05, 0) is 62.6 Å². The molecule has 2 aromatic heterocycles. The summed E-state index contributed by atoms with van der Waals surface area (Å²) < 4.78 is 32.4. The van der Waals surface area contributed by atoms with Crippen LogP contribution in [0.3, 0.4) is 0 Å². The molecule has 3 heterocycles. The number of hydrogen-bond donors (Lipinski definition) is 3. The van der Waals surface area contributed by atoms with Gasteiger partial charge < -0.3 is 20.7 Å². The van der Waals surface area contributed by atoms with Crippen LogP contribution in [0.1, 0.15) is 24.8 Å². The second-order valence-corrected chi connectivity index (χ2v) is 10.4. The quantitative estimate of drug-likeness (QED) is 0.258. The normalized spacial score (nSPS) is 20.4. The molecule has 206 valence electrons. The van der Waals surface area contributed by atoms with Gasteiger partial charge in [-0.1, -0.05) is 24.3 Å². The zero-order valence-corrected chi connectivity index (χ0v) is 22.0. The Labute approximate surface area is 230 Å². The molecule has 0 spiro atoms. The van der Waals surface area contributed by atoms with Crippen molar-refractivity contribution in [3.05, 3.63) is 66.5 Å². The predicted molar refractivity (Wildman–Crippen MR) is 150 cm³/mol. The highest BCUT2D eigenvalue weighted by Gasteiger charge is 2.48. The standard InChI is InChI=1S/C30H30F2N6O2/c1-17-9-10-19-20(6-2-8-24(19)37-28(39)23-15-22(23)27(31)32)26(17)40-29-21(7-4-13-34-29)25-11-14-35-30(38-25)36-18-5-3-12-33-16-18/h2,4,6-11,13-14,18,22-23,27,33H,3,5,12,15-16H2,1H3,(H,37,39)(H,35,36,38)/t18?,22-,23-/m1/s1. The lowest BCUT2D eigenvalue weighted by atomic mass is 10.0. The van der Waals surface area contributed by atoms with Crippen molar-refractivity contribution in [2.75, 3.05) is 23.7 Å². The average Bonchev–Trinajstić information content (AvgIpc) is 3.78. The minimum absolute atomic E-state index is 0.210. The van der Waals surface area contributed by atoms with Crippen molar-refractivity contribution in [1.29, 1.82) is 0 Å². The molecule has 2 aromatic carbocycles. The van der Waals surface area contributed by atoms with Gasteiger partial charge in [0, 0.05) is 53.3 Å². The molecule has 2 aliphatic rings. The van der Waals surface area contributed by atoms with Crippen LogP contribution >= 0.6 is 0 Å². The third-order valence-electron chi connectivity index (χ3n) is 7.50. The molecule has 3 atom stereocenters. The number of benzene rings is 2. The van der Waals surface area contributed by atoms with Crippen molar-refractivity contribution >= 4 is 28.3 Å². The number of fused-ring (bicyclic) bond motifs is 1. The van der Waals surface area contributed by atoms with Gasteiger partial charge >= 0.3 is 0 Å². The van der Waals surface area contributed by atoms with Gasteiger partial charge in [0.25, 0.3) is 0 Å². The lowest BCUT2D eigenvalue weighted by molar-refractivity contribution is -0.118. The van der Waals surface area contributed by atoms with Gasteiger partial charge in [-0.2, -0.15) is 0 Å². The van der Waals surface area contributed by atoms with Crippen LogP contribution in [0.2, 0.25) is 0 Å². The Bertz CT molecular complexity index is 1540. The molecule has 1 amide bonds. The van der Waals surface area contributed by atoms with Crippen LogP contribution in [0, 0.1) is 18.8 Å². The maximum atomic E-state index is 13.0. The van der Waals surface area contributed by atoms with Gasteiger partial charge in [-0.3, -0.25) is 4.79 Å². The molecule has 1 aliphatic heterocycles. The first-order chi connectivity index (χ1) is 19.5. The molecule has 8 nitrogen and oxygen atoms in total. The number of ether oxygens (including phenoxy) is 1. The topological polar surface area (TPSA) is 101 Å². The fourth-order valence-electron chi connectivity index (χ4n) is 5.20. The third kappa shape index (κ3) is 5.44. The second kappa shape index (κ2) is 11.1. The van der Waals surface area contributed by atoms with Crippen LogP contribution in [-0.4, -0.2) is 46.4 Å². The summed E-state index contributed by atoms with van der Waals surface area (Å²) in [4.78, 5) is 26.3. The van der Waals surface area contributed by atoms with Gasteiger partial charge in [0.1, 0.15) is 5.75 Å². The Morgan fingerprint density at radius 3 is 2.77 bits per heavy atom. The van der Waals surface area contributed by atoms with Crippen LogP contribution in [0.4, 0.5) is 20.4 Å². The number of nitrogens with one attached hydrogen (secondary N) is 3. The van der Waals surface area contributed by atoms with Crippen molar-refractivity contribution < 1.29 is 18.3 Å². The highest BCUT2D eigenvalue weighted by atomic mass is 19.3. The second-order valence-electron chi connectivity index (χ2n) is 10.4. The summed E-state index contributed by atoms with van der Waals surface area (Å²) in [5.74, 6) is -0.387. The van der Waals surface area contributed by atoms with E-state index in [-0.39, 0.29) is 18.4 Å². The van der Waals surface area contributed by atoms with Crippen molar-refractivity contribution in [3.8, 4) is 22.9 Å². The highest BCUT2D eigenvalue weighted by molar-refractivity contribution is 6.05. The first-order valence-electron chi connectivity index (χ1n) is 13.5. The van der Waals surface area contributed by atoms with E-state index in [0.717, 1.165) is 42.3 Å². The SMILES string of the molecule is Cc1ccc2c(NC(=O)[C@@H]3C[C@H]3C(F)F)cccc2c1Oc1ncccc1-c1ccnc(NC2CCCNC2)n1.